The molecule has 0 aliphatic carbocycles. The summed E-state index contributed by atoms with van der Waals surface area (Å²) in [6.07, 6.45) is 0. The van der Waals surface area contributed by atoms with E-state index in [1.54, 1.807) is 19.1 Å². The number of benzene rings is 2. The number of hydrogen-bond donors (Lipinski definition) is 2. The molecule has 0 aliphatic rings. The number of halogens is 2. The molecule has 0 saturated heterocycles. The van der Waals surface area contributed by atoms with Gasteiger partial charge in [-0.1, -0.05) is 17.7 Å². The molecule has 1 heterocycles. The Morgan fingerprint density at radius 2 is 1.73 bits per heavy atom. The second-order valence-electron chi connectivity index (χ2n) is 5.46. The van der Waals surface area contributed by atoms with Crippen LogP contribution in [0.25, 0.3) is 0 Å². The highest BCUT2D eigenvalue weighted by atomic mass is 35.5. The lowest BCUT2D eigenvalue weighted by molar-refractivity contribution is 0.601. The number of nitrogens with zero attached hydrogens (tertiary/aromatic N) is 2. The summed E-state index contributed by atoms with van der Waals surface area (Å²) in [7, 11) is -3.81. The quantitative estimate of drug-likeness (QED) is 0.682. The van der Waals surface area contributed by atoms with Gasteiger partial charge >= 0.3 is 0 Å². The maximum atomic E-state index is 13.2. The minimum absolute atomic E-state index is 0.0578. The Balaban J connectivity index is 1.75. The van der Waals surface area contributed by atoms with E-state index in [4.69, 9.17) is 11.6 Å². The van der Waals surface area contributed by atoms with Crippen molar-refractivity contribution in [3.63, 3.8) is 0 Å². The van der Waals surface area contributed by atoms with Gasteiger partial charge in [-0.25, -0.2) is 12.8 Å². The summed E-state index contributed by atoms with van der Waals surface area (Å²) >= 11 is 5.92. The number of anilines is 3. The third-order valence-corrected chi connectivity index (χ3v) is 5.22. The van der Waals surface area contributed by atoms with Gasteiger partial charge in [0.05, 0.1) is 4.90 Å². The van der Waals surface area contributed by atoms with Gasteiger partial charge in [-0.05, 0) is 61.0 Å². The maximum absolute atomic E-state index is 13.2. The van der Waals surface area contributed by atoms with Gasteiger partial charge in [0.2, 0.25) is 0 Å². The molecular weight excluding hydrogens is 379 g/mol. The Hall–Kier alpha value is -2.71. The molecule has 0 fully saturated rings. The molecule has 134 valence electrons. The van der Waals surface area contributed by atoms with Crippen LogP contribution in [0.5, 0.6) is 0 Å². The lowest BCUT2D eigenvalue weighted by Gasteiger charge is -2.09. The van der Waals surface area contributed by atoms with Crippen LogP contribution in [0.15, 0.2) is 59.5 Å². The maximum Gasteiger partial charge on any atom is 0.263 e. The zero-order chi connectivity index (χ0) is 18.7. The van der Waals surface area contributed by atoms with E-state index in [1.807, 2.05) is 0 Å². The molecule has 0 radical (unpaired) electrons. The van der Waals surface area contributed by atoms with Crippen LogP contribution in [0, 0.1) is 12.7 Å². The third kappa shape index (κ3) is 4.27. The number of aryl methyl sites for hydroxylation is 1. The molecule has 0 saturated carbocycles. The van der Waals surface area contributed by atoms with Crippen LogP contribution in [-0.2, 0) is 10.0 Å². The van der Waals surface area contributed by atoms with Crippen LogP contribution in [0.4, 0.5) is 21.7 Å². The summed E-state index contributed by atoms with van der Waals surface area (Å²) in [5.74, 6) is 0.0221. The van der Waals surface area contributed by atoms with Gasteiger partial charge in [0, 0.05) is 10.7 Å². The van der Waals surface area contributed by atoms with E-state index in [1.165, 1.54) is 42.5 Å². The van der Waals surface area contributed by atoms with Crippen LogP contribution in [-0.4, -0.2) is 18.6 Å². The van der Waals surface area contributed by atoms with E-state index in [0.717, 1.165) is 0 Å². The number of aromatic nitrogens is 2. The molecule has 9 heteroatoms. The first-order valence-electron chi connectivity index (χ1n) is 7.49. The van der Waals surface area contributed by atoms with Gasteiger partial charge in [-0.15, -0.1) is 10.2 Å². The normalized spacial score (nSPS) is 11.2. The summed E-state index contributed by atoms with van der Waals surface area (Å²) in [6, 6.07) is 13.2. The van der Waals surface area contributed by atoms with Gasteiger partial charge in [-0.2, -0.15) is 0 Å². The summed E-state index contributed by atoms with van der Waals surface area (Å²) in [5, 5.41) is 11.1. The fourth-order valence-electron chi connectivity index (χ4n) is 2.15. The highest BCUT2D eigenvalue weighted by Crippen LogP contribution is 2.21. The number of hydrogen-bond acceptors (Lipinski definition) is 5. The molecule has 0 spiro atoms. The topological polar surface area (TPSA) is 84.0 Å². The molecule has 3 aromatic rings. The molecule has 0 aliphatic heterocycles. The van der Waals surface area contributed by atoms with Crippen molar-refractivity contribution in [2.75, 3.05) is 10.0 Å². The van der Waals surface area contributed by atoms with Crippen LogP contribution in [0.3, 0.4) is 0 Å². The standard InChI is InChI=1S/C17H14ClFN4O2S/c1-11-9-14(5-6-15(11)18)26(24,25)23-17-8-7-16(21-22-17)20-13-4-2-3-12(19)10-13/h2-10H,1H3,(H,20,21)(H,22,23). The third-order valence-electron chi connectivity index (χ3n) is 3.44. The van der Waals surface area contributed by atoms with Gasteiger partial charge in [-0.3, -0.25) is 4.72 Å². The molecule has 0 amide bonds. The van der Waals surface area contributed by atoms with E-state index in [2.05, 4.69) is 20.2 Å². The SMILES string of the molecule is Cc1cc(S(=O)(=O)Nc2ccc(Nc3cccc(F)c3)nn2)ccc1Cl. The molecule has 0 atom stereocenters. The van der Waals surface area contributed by atoms with Crippen molar-refractivity contribution in [2.24, 2.45) is 0 Å². The van der Waals surface area contributed by atoms with Crippen molar-refractivity contribution >= 4 is 38.9 Å². The van der Waals surface area contributed by atoms with Crippen LogP contribution in [0.2, 0.25) is 5.02 Å². The van der Waals surface area contributed by atoms with Crippen molar-refractivity contribution in [3.05, 3.63) is 71.0 Å². The molecule has 6 nitrogen and oxygen atoms in total. The van der Waals surface area contributed by atoms with Crippen LogP contribution < -0.4 is 10.0 Å². The number of sulfonamides is 1. The Kier molecular flexibility index (Phi) is 5.06. The van der Waals surface area contributed by atoms with Crippen LogP contribution >= 0.6 is 11.6 Å². The molecule has 0 bridgehead atoms. The average molecular weight is 393 g/mol. The minimum atomic E-state index is -3.81. The fourth-order valence-corrected chi connectivity index (χ4v) is 3.35. The van der Waals surface area contributed by atoms with E-state index in [9.17, 15) is 12.8 Å². The molecular formula is C17H14ClFN4O2S. The van der Waals surface area contributed by atoms with Crippen molar-refractivity contribution in [1.82, 2.24) is 10.2 Å². The second kappa shape index (κ2) is 7.27. The smallest absolute Gasteiger partial charge is 0.263 e. The summed E-state index contributed by atoms with van der Waals surface area (Å²) < 4.78 is 40.3. The van der Waals surface area contributed by atoms with Gasteiger partial charge < -0.3 is 5.32 Å². The Morgan fingerprint density at radius 3 is 2.38 bits per heavy atom. The molecule has 1 aromatic heterocycles. The van der Waals surface area contributed by atoms with Crippen LogP contribution in [0.1, 0.15) is 5.56 Å². The molecule has 3 rings (SSSR count). The fraction of sp³-hybridized carbons (Fsp3) is 0.0588. The minimum Gasteiger partial charge on any atom is -0.339 e. The average Bonchev–Trinajstić information content (AvgIpc) is 2.59. The molecule has 2 aromatic carbocycles. The highest BCUT2D eigenvalue weighted by Gasteiger charge is 2.16. The molecule has 26 heavy (non-hydrogen) atoms. The Labute approximate surface area is 155 Å². The van der Waals surface area contributed by atoms with Crippen molar-refractivity contribution in [3.8, 4) is 0 Å². The predicted molar refractivity (Wildman–Crippen MR) is 98.7 cm³/mol. The first-order chi connectivity index (χ1) is 12.3. The van der Waals surface area contributed by atoms with E-state index in [-0.39, 0.29) is 16.5 Å². The monoisotopic (exact) mass is 392 g/mol. The van der Waals surface area contributed by atoms with Crippen molar-refractivity contribution in [1.29, 1.82) is 0 Å². The van der Waals surface area contributed by atoms with Crippen molar-refractivity contribution in [2.45, 2.75) is 11.8 Å². The van der Waals surface area contributed by atoms with Crippen molar-refractivity contribution < 1.29 is 12.8 Å². The Morgan fingerprint density at radius 1 is 1.00 bits per heavy atom. The summed E-state index contributed by atoms with van der Waals surface area (Å²) in [4.78, 5) is 0.0724. The van der Waals surface area contributed by atoms with Gasteiger partial charge in [0.1, 0.15) is 5.82 Å². The molecule has 2 N–H and O–H groups in total. The number of nitrogens with one attached hydrogen (secondary N) is 2. The second-order valence-corrected chi connectivity index (χ2v) is 7.55. The summed E-state index contributed by atoms with van der Waals surface area (Å²) in [5.41, 5.74) is 1.15. The van der Waals surface area contributed by atoms with Gasteiger partial charge in [0.15, 0.2) is 11.6 Å². The zero-order valence-electron chi connectivity index (χ0n) is 13.6. The Bertz CT molecular complexity index is 1040. The predicted octanol–water partition coefficient (Wildman–Crippen LogP) is 4.12. The lowest BCUT2D eigenvalue weighted by Crippen LogP contribution is -2.14. The van der Waals surface area contributed by atoms with E-state index < -0.39 is 10.0 Å². The van der Waals surface area contributed by atoms with E-state index >= 15 is 0 Å². The highest BCUT2D eigenvalue weighted by molar-refractivity contribution is 7.92. The summed E-state index contributed by atoms with van der Waals surface area (Å²) in [6.45, 7) is 1.72. The van der Waals surface area contributed by atoms with E-state index in [0.29, 0.717) is 22.1 Å². The molecule has 0 unspecified atom stereocenters. The van der Waals surface area contributed by atoms with Gasteiger partial charge in [0.25, 0.3) is 10.0 Å². The first-order valence-corrected chi connectivity index (χ1v) is 9.35. The lowest BCUT2D eigenvalue weighted by atomic mass is 10.2. The number of rotatable bonds is 5. The first kappa shape index (κ1) is 18.1. The largest absolute Gasteiger partial charge is 0.339 e. The zero-order valence-corrected chi connectivity index (χ0v) is 15.1.